The number of alkyl halides is 16. The van der Waals surface area contributed by atoms with Gasteiger partial charge in [0.15, 0.2) is 0 Å². The van der Waals surface area contributed by atoms with Crippen LogP contribution in [0.1, 0.15) is 54.4 Å². The highest BCUT2D eigenvalue weighted by atomic mass is 32.1. The third-order valence-corrected chi connectivity index (χ3v) is 9.02. The summed E-state index contributed by atoms with van der Waals surface area (Å²) in [6.07, 6.45) is -4.84. The second kappa shape index (κ2) is 11.6. The summed E-state index contributed by atoms with van der Waals surface area (Å²) in [5.74, 6) is -62.0. The van der Waals surface area contributed by atoms with E-state index in [1.165, 1.54) is 0 Å². The number of anilines is 1. The quantitative estimate of drug-likeness (QED) is 0.175. The normalized spacial score (nSPS) is 17.8. The molecule has 1 aliphatic carbocycles. The first-order valence-electron chi connectivity index (χ1n) is 12.4. The van der Waals surface area contributed by atoms with Crippen LogP contribution in [0.3, 0.4) is 0 Å². The molecule has 0 aliphatic heterocycles. The van der Waals surface area contributed by atoms with Crippen LogP contribution in [0.2, 0.25) is 0 Å². The Bertz CT molecular complexity index is 1290. The van der Waals surface area contributed by atoms with Crippen molar-refractivity contribution in [1.29, 1.82) is 0 Å². The molecule has 4 nitrogen and oxygen atoms in total. The number of thiophene rings is 1. The van der Waals surface area contributed by atoms with Gasteiger partial charge in [0.25, 0.3) is 0 Å². The molecule has 0 saturated heterocycles. The van der Waals surface area contributed by atoms with Crippen LogP contribution in [-0.2, 0) is 22.4 Å². The molecule has 1 N–H and O–H groups in total. The molecule has 21 heteroatoms. The van der Waals surface area contributed by atoms with E-state index >= 15 is 0 Å². The van der Waals surface area contributed by atoms with E-state index in [2.05, 4.69) is 4.74 Å². The number of methoxy groups -OCH3 is 1. The van der Waals surface area contributed by atoms with Gasteiger partial charge in [-0.05, 0) is 36.2 Å². The fourth-order valence-electron chi connectivity index (χ4n) is 4.41. The van der Waals surface area contributed by atoms with Gasteiger partial charge >= 0.3 is 59.8 Å². The molecule has 0 spiro atoms. The zero-order chi connectivity index (χ0) is 35.6. The van der Waals surface area contributed by atoms with E-state index in [1.54, 1.807) is 0 Å². The van der Waals surface area contributed by atoms with Crippen LogP contribution < -0.4 is 5.32 Å². The average molecular weight is 709 g/mol. The van der Waals surface area contributed by atoms with Crippen molar-refractivity contribution in [2.24, 2.45) is 11.3 Å². The maximum atomic E-state index is 14.5. The molecule has 1 aromatic rings. The van der Waals surface area contributed by atoms with Gasteiger partial charge in [-0.3, -0.25) is 4.79 Å². The summed E-state index contributed by atoms with van der Waals surface area (Å²) >= 11 is 0.297. The van der Waals surface area contributed by atoms with Crippen molar-refractivity contribution in [3.63, 3.8) is 0 Å². The summed E-state index contributed by atoms with van der Waals surface area (Å²) in [4.78, 5) is 24.7. The zero-order valence-electron chi connectivity index (χ0n) is 23.2. The summed E-state index contributed by atoms with van der Waals surface area (Å²) < 4.78 is 223. The van der Waals surface area contributed by atoms with Gasteiger partial charge in [-0.1, -0.05) is 27.2 Å². The predicted molar refractivity (Wildman–Crippen MR) is 125 cm³/mol. The van der Waals surface area contributed by atoms with Crippen molar-refractivity contribution in [1.82, 2.24) is 0 Å². The Morgan fingerprint density at radius 2 is 1.31 bits per heavy atom. The van der Waals surface area contributed by atoms with Crippen LogP contribution in [0, 0.1) is 11.3 Å². The van der Waals surface area contributed by atoms with Gasteiger partial charge in [0, 0.05) is 4.88 Å². The molecule has 1 amide bonds. The lowest BCUT2D eigenvalue weighted by molar-refractivity contribution is -0.443. The molecule has 45 heavy (non-hydrogen) atoms. The van der Waals surface area contributed by atoms with E-state index in [-0.39, 0.29) is 34.6 Å². The Balaban J connectivity index is 2.58. The van der Waals surface area contributed by atoms with Crippen LogP contribution in [0.4, 0.5) is 75.2 Å². The first kappa shape index (κ1) is 38.7. The number of rotatable bonds is 12. The first-order valence-corrected chi connectivity index (χ1v) is 13.2. The number of fused-ring (bicyclic) bond motifs is 1. The number of ether oxygens (including phenoxy) is 1. The molecule has 0 saturated carbocycles. The Kier molecular flexibility index (Phi) is 10.0. The highest BCUT2D eigenvalue weighted by molar-refractivity contribution is 7.17. The van der Waals surface area contributed by atoms with E-state index in [0.29, 0.717) is 24.2 Å². The van der Waals surface area contributed by atoms with Crippen LogP contribution in [0.5, 0.6) is 0 Å². The zero-order valence-corrected chi connectivity index (χ0v) is 24.0. The Morgan fingerprint density at radius 3 is 1.76 bits per heavy atom. The molecule has 1 aliphatic rings. The van der Waals surface area contributed by atoms with Crippen LogP contribution in [0.25, 0.3) is 0 Å². The third kappa shape index (κ3) is 5.61. The molecule has 0 aromatic carbocycles. The number of hydrogen-bond donors (Lipinski definition) is 1. The molecule has 260 valence electrons. The predicted octanol–water partition coefficient (Wildman–Crippen LogP) is 8.73. The molecule has 1 heterocycles. The van der Waals surface area contributed by atoms with Crippen molar-refractivity contribution >= 4 is 28.2 Å². The number of esters is 1. The van der Waals surface area contributed by atoms with Crippen molar-refractivity contribution in [3.8, 4) is 0 Å². The Morgan fingerprint density at radius 1 is 0.844 bits per heavy atom. The molecule has 2 rings (SSSR count). The molecule has 0 fully saturated rings. The van der Waals surface area contributed by atoms with Crippen molar-refractivity contribution in [2.45, 2.75) is 94.3 Å². The maximum Gasteiger partial charge on any atom is 0.393 e. The average Bonchev–Trinajstić information content (AvgIpc) is 3.28. The molecule has 0 radical (unpaired) electrons. The minimum atomic E-state index is -8.63. The second-order valence-corrected chi connectivity index (χ2v) is 11.9. The standard InChI is InChI=1S/C24H23F16NO3S/c1-5-17(2,3)9-6-7-10-11(8-9)45-13(12(10)14(42)44-4)41-16(43)19(29,30)21(33,34)23(37,38)24(39,40)22(35,36)20(31,32)18(27,28)15(25)26/h9,15H,5-8H2,1-4H3,(H,41,43)/t9-/m0/s1. The summed E-state index contributed by atoms with van der Waals surface area (Å²) in [7, 11) is 0.753. The lowest BCUT2D eigenvalue weighted by atomic mass is 9.69. The first-order chi connectivity index (χ1) is 20.0. The van der Waals surface area contributed by atoms with E-state index in [1.807, 2.05) is 20.8 Å². The van der Waals surface area contributed by atoms with E-state index in [9.17, 15) is 79.8 Å². The van der Waals surface area contributed by atoms with Gasteiger partial charge in [-0.15, -0.1) is 11.3 Å². The van der Waals surface area contributed by atoms with Gasteiger partial charge in [-0.2, -0.15) is 61.5 Å². The molecule has 1 atom stereocenters. The van der Waals surface area contributed by atoms with Crippen molar-refractivity contribution < 1.29 is 84.6 Å². The van der Waals surface area contributed by atoms with Crippen molar-refractivity contribution in [3.05, 3.63) is 16.0 Å². The smallest absolute Gasteiger partial charge is 0.393 e. The summed E-state index contributed by atoms with van der Waals surface area (Å²) in [6.45, 7) is 5.54. The van der Waals surface area contributed by atoms with Gasteiger partial charge in [0.1, 0.15) is 5.00 Å². The Hall–Kier alpha value is -2.48. The molecule has 0 unspecified atom stereocenters. The lowest BCUT2D eigenvalue weighted by Gasteiger charge is -2.42. The number of carbonyl (C=O) groups excluding carboxylic acids is 2. The van der Waals surface area contributed by atoms with Gasteiger partial charge in [-0.25, -0.2) is 13.6 Å². The number of halogens is 16. The van der Waals surface area contributed by atoms with Crippen LogP contribution >= 0.6 is 11.3 Å². The Labute approximate surface area is 247 Å². The van der Waals surface area contributed by atoms with Gasteiger partial charge in [0.2, 0.25) is 0 Å². The monoisotopic (exact) mass is 709 g/mol. The highest BCUT2D eigenvalue weighted by Crippen LogP contribution is 2.63. The van der Waals surface area contributed by atoms with Gasteiger partial charge < -0.3 is 10.1 Å². The van der Waals surface area contributed by atoms with Crippen molar-refractivity contribution in [2.75, 3.05) is 12.4 Å². The van der Waals surface area contributed by atoms with E-state index in [4.69, 9.17) is 0 Å². The van der Waals surface area contributed by atoms with Crippen LogP contribution in [-0.4, -0.2) is 66.9 Å². The highest BCUT2D eigenvalue weighted by Gasteiger charge is 2.94. The number of hydrogen-bond acceptors (Lipinski definition) is 4. The number of amides is 1. The fourth-order valence-corrected chi connectivity index (χ4v) is 5.72. The maximum absolute atomic E-state index is 14.5. The van der Waals surface area contributed by atoms with E-state index in [0.717, 1.165) is 12.4 Å². The fraction of sp³-hybridized carbons (Fsp3) is 0.750. The molecule has 0 bridgehead atoms. The minimum Gasteiger partial charge on any atom is -0.465 e. The molecular weight excluding hydrogens is 686 g/mol. The van der Waals surface area contributed by atoms with Gasteiger partial charge in [0.05, 0.1) is 12.7 Å². The summed E-state index contributed by atoms with van der Waals surface area (Å²) in [5, 5.41) is -0.106. The molecule has 1 aromatic heterocycles. The summed E-state index contributed by atoms with van der Waals surface area (Å²) in [5.41, 5.74) is -1.02. The SMILES string of the molecule is CCC(C)(C)[C@H]1CCc2c(sc(NC(=O)C(F)(F)C(F)(F)C(F)(F)C(F)(F)C(F)(F)C(F)(F)C(F)(F)C(F)F)c2C(=O)OC)C1. The molecular formula is C24H23F16NO3S. The summed E-state index contributed by atoms with van der Waals surface area (Å²) in [6, 6.07) is 0. The van der Waals surface area contributed by atoms with Crippen LogP contribution in [0.15, 0.2) is 0 Å². The third-order valence-electron chi connectivity index (χ3n) is 7.85. The topological polar surface area (TPSA) is 55.4 Å². The van der Waals surface area contributed by atoms with E-state index < -0.39 is 70.3 Å². The minimum absolute atomic E-state index is 0.0175. The number of nitrogens with one attached hydrogen (secondary N) is 1. The lowest BCUT2D eigenvalue weighted by Crippen LogP contribution is -2.74. The largest absolute Gasteiger partial charge is 0.465 e. The number of carbonyl (C=O) groups is 2. The second-order valence-electron chi connectivity index (χ2n) is 10.8.